The van der Waals surface area contributed by atoms with E-state index >= 15 is 0 Å². The van der Waals surface area contributed by atoms with Gasteiger partial charge in [0, 0.05) is 56.5 Å². The molecule has 0 amide bonds. The van der Waals surface area contributed by atoms with Crippen LogP contribution in [0.4, 0.5) is 11.4 Å². The minimum Gasteiger partial charge on any atom is -0.399 e. The molecule has 1 fully saturated rings. The molecule has 21 heavy (non-hydrogen) atoms. The molecule has 3 rings (SSSR count). The second-order valence-corrected chi connectivity index (χ2v) is 5.73. The number of nitrogen functional groups attached to an aromatic ring is 1. The Kier molecular flexibility index (Phi) is 4.06. The van der Waals surface area contributed by atoms with Gasteiger partial charge in [0.05, 0.1) is 0 Å². The first kappa shape index (κ1) is 13.9. The minimum atomic E-state index is 0.823. The summed E-state index contributed by atoms with van der Waals surface area (Å²) in [5.41, 5.74) is 10.4. The van der Waals surface area contributed by atoms with Crippen molar-refractivity contribution in [3.63, 3.8) is 0 Å². The molecule has 4 nitrogen and oxygen atoms in total. The SMILES string of the molecule is Cc1cncc(CN2CCN(c3ccc(N)cc3)CC2)c1. The maximum atomic E-state index is 5.74. The molecule has 2 N–H and O–H groups in total. The molecular weight excluding hydrogens is 260 g/mol. The molecule has 1 aliphatic rings. The third kappa shape index (κ3) is 3.52. The Bertz CT molecular complexity index is 586. The molecule has 110 valence electrons. The van der Waals surface area contributed by atoms with Gasteiger partial charge in [-0.3, -0.25) is 9.88 Å². The molecule has 1 aromatic carbocycles. The third-order valence-corrected chi connectivity index (χ3v) is 3.97. The lowest BCUT2D eigenvalue weighted by atomic mass is 10.2. The van der Waals surface area contributed by atoms with Gasteiger partial charge in [-0.1, -0.05) is 6.07 Å². The lowest BCUT2D eigenvalue weighted by Crippen LogP contribution is -2.45. The number of aryl methyl sites for hydroxylation is 1. The zero-order chi connectivity index (χ0) is 14.7. The molecular formula is C17H22N4. The Morgan fingerprint density at radius 1 is 1.05 bits per heavy atom. The van der Waals surface area contributed by atoms with E-state index in [2.05, 4.69) is 39.9 Å². The highest BCUT2D eigenvalue weighted by molar-refractivity contribution is 5.53. The lowest BCUT2D eigenvalue weighted by Gasteiger charge is -2.36. The largest absolute Gasteiger partial charge is 0.399 e. The van der Waals surface area contributed by atoms with Gasteiger partial charge in [0.15, 0.2) is 0 Å². The highest BCUT2D eigenvalue weighted by atomic mass is 15.3. The van der Waals surface area contributed by atoms with Gasteiger partial charge in [0.25, 0.3) is 0 Å². The normalized spacial score (nSPS) is 16.1. The molecule has 0 spiro atoms. The van der Waals surface area contributed by atoms with Gasteiger partial charge in [-0.15, -0.1) is 0 Å². The number of rotatable bonds is 3. The van der Waals surface area contributed by atoms with E-state index < -0.39 is 0 Å². The van der Waals surface area contributed by atoms with Crippen LogP contribution in [-0.2, 0) is 6.54 Å². The van der Waals surface area contributed by atoms with E-state index in [-0.39, 0.29) is 0 Å². The first-order valence-corrected chi connectivity index (χ1v) is 7.44. The van der Waals surface area contributed by atoms with Gasteiger partial charge < -0.3 is 10.6 Å². The molecule has 0 saturated carbocycles. The van der Waals surface area contributed by atoms with Crippen LogP contribution in [0.3, 0.4) is 0 Å². The Labute approximate surface area is 126 Å². The lowest BCUT2D eigenvalue weighted by molar-refractivity contribution is 0.249. The first-order valence-electron chi connectivity index (χ1n) is 7.44. The summed E-state index contributed by atoms with van der Waals surface area (Å²) in [4.78, 5) is 9.18. The molecule has 4 heteroatoms. The Morgan fingerprint density at radius 2 is 1.76 bits per heavy atom. The van der Waals surface area contributed by atoms with E-state index in [1.807, 2.05) is 24.5 Å². The first-order chi connectivity index (χ1) is 10.2. The summed E-state index contributed by atoms with van der Waals surface area (Å²) in [6.45, 7) is 7.36. The van der Waals surface area contributed by atoms with Gasteiger partial charge in [0.2, 0.25) is 0 Å². The van der Waals surface area contributed by atoms with Crippen LogP contribution in [0.1, 0.15) is 11.1 Å². The van der Waals surface area contributed by atoms with Crippen LogP contribution in [0.2, 0.25) is 0 Å². The summed E-state index contributed by atoms with van der Waals surface area (Å²) < 4.78 is 0. The number of pyridine rings is 1. The van der Waals surface area contributed by atoms with E-state index in [4.69, 9.17) is 5.73 Å². The maximum absolute atomic E-state index is 5.74. The summed E-state index contributed by atoms with van der Waals surface area (Å²) in [7, 11) is 0. The molecule has 0 aliphatic carbocycles. The van der Waals surface area contributed by atoms with E-state index in [0.717, 1.165) is 38.4 Å². The van der Waals surface area contributed by atoms with Crippen molar-refractivity contribution in [2.24, 2.45) is 0 Å². The second-order valence-electron chi connectivity index (χ2n) is 5.73. The monoisotopic (exact) mass is 282 g/mol. The van der Waals surface area contributed by atoms with Crippen molar-refractivity contribution in [3.05, 3.63) is 53.9 Å². The van der Waals surface area contributed by atoms with E-state index in [0.29, 0.717) is 0 Å². The predicted molar refractivity (Wildman–Crippen MR) is 87.3 cm³/mol. The Morgan fingerprint density at radius 3 is 2.43 bits per heavy atom. The summed E-state index contributed by atoms with van der Waals surface area (Å²) in [5, 5.41) is 0. The highest BCUT2D eigenvalue weighted by Crippen LogP contribution is 2.18. The van der Waals surface area contributed by atoms with Crippen LogP contribution in [0.15, 0.2) is 42.7 Å². The molecule has 0 atom stereocenters. The fourth-order valence-electron chi connectivity index (χ4n) is 2.81. The minimum absolute atomic E-state index is 0.823. The fourth-order valence-corrected chi connectivity index (χ4v) is 2.81. The molecule has 0 bridgehead atoms. The molecule has 2 aromatic rings. The van der Waals surface area contributed by atoms with Crippen LogP contribution in [-0.4, -0.2) is 36.1 Å². The number of nitrogens with zero attached hydrogens (tertiary/aromatic N) is 3. The second kappa shape index (κ2) is 6.14. The van der Waals surface area contributed by atoms with Crippen LogP contribution in [0, 0.1) is 6.92 Å². The summed E-state index contributed by atoms with van der Waals surface area (Å²) >= 11 is 0. The molecule has 2 heterocycles. The Balaban J connectivity index is 1.56. The highest BCUT2D eigenvalue weighted by Gasteiger charge is 2.17. The zero-order valence-corrected chi connectivity index (χ0v) is 12.5. The van der Waals surface area contributed by atoms with Crippen molar-refractivity contribution in [2.75, 3.05) is 36.8 Å². The number of piperazine rings is 1. The van der Waals surface area contributed by atoms with Crippen molar-refractivity contribution in [1.82, 2.24) is 9.88 Å². The standard InChI is InChI=1S/C17H22N4/c1-14-10-15(12-19-11-14)13-20-6-8-21(9-7-20)17-4-2-16(18)3-5-17/h2-5,10-12H,6-9,13,18H2,1H3. The fraction of sp³-hybridized carbons (Fsp3) is 0.353. The summed E-state index contributed by atoms with van der Waals surface area (Å²) in [5.74, 6) is 0. The van der Waals surface area contributed by atoms with Gasteiger partial charge in [-0.25, -0.2) is 0 Å². The molecule has 0 unspecified atom stereocenters. The molecule has 1 saturated heterocycles. The third-order valence-electron chi connectivity index (χ3n) is 3.97. The average Bonchev–Trinajstić information content (AvgIpc) is 2.49. The van der Waals surface area contributed by atoms with E-state index in [1.54, 1.807) is 0 Å². The number of nitrogens with two attached hydrogens (primary N) is 1. The van der Waals surface area contributed by atoms with Crippen LogP contribution in [0.5, 0.6) is 0 Å². The summed E-state index contributed by atoms with van der Waals surface area (Å²) in [6, 6.07) is 10.4. The van der Waals surface area contributed by atoms with Crippen molar-refractivity contribution in [2.45, 2.75) is 13.5 Å². The number of anilines is 2. The van der Waals surface area contributed by atoms with Crippen LogP contribution in [0.25, 0.3) is 0 Å². The van der Waals surface area contributed by atoms with E-state index in [1.165, 1.54) is 16.8 Å². The topological polar surface area (TPSA) is 45.4 Å². The molecule has 0 radical (unpaired) electrons. The van der Waals surface area contributed by atoms with Crippen LogP contribution < -0.4 is 10.6 Å². The summed E-state index contributed by atoms with van der Waals surface area (Å²) in [6.07, 6.45) is 3.88. The van der Waals surface area contributed by atoms with Crippen molar-refractivity contribution in [1.29, 1.82) is 0 Å². The predicted octanol–water partition coefficient (Wildman–Crippen LogP) is 2.29. The molecule has 1 aromatic heterocycles. The van der Waals surface area contributed by atoms with Crippen molar-refractivity contribution in [3.8, 4) is 0 Å². The number of aromatic nitrogens is 1. The Hall–Kier alpha value is -2.07. The van der Waals surface area contributed by atoms with Crippen molar-refractivity contribution < 1.29 is 0 Å². The van der Waals surface area contributed by atoms with Crippen molar-refractivity contribution >= 4 is 11.4 Å². The average molecular weight is 282 g/mol. The van der Waals surface area contributed by atoms with Gasteiger partial charge in [-0.2, -0.15) is 0 Å². The number of hydrogen-bond donors (Lipinski definition) is 1. The van der Waals surface area contributed by atoms with Gasteiger partial charge >= 0.3 is 0 Å². The van der Waals surface area contributed by atoms with E-state index in [9.17, 15) is 0 Å². The quantitative estimate of drug-likeness (QED) is 0.877. The maximum Gasteiger partial charge on any atom is 0.0368 e. The van der Waals surface area contributed by atoms with Gasteiger partial charge in [0.1, 0.15) is 0 Å². The molecule has 1 aliphatic heterocycles. The zero-order valence-electron chi connectivity index (χ0n) is 12.5. The number of hydrogen-bond acceptors (Lipinski definition) is 4. The van der Waals surface area contributed by atoms with Gasteiger partial charge in [-0.05, 0) is 42.3 Å². The number of benzene rings is 1. The van der Waals surface area contributed by atoms with Crippen LogP contribution >= 0.6 is 0 Å². The smallest absolute Gasteiger partial charge is 0.0368 e.